The summed E-state index contributed by atoms with van der Waals surface area (Å²) < 4.78 is 24.9. The molecule has 1 atom stereocenters. The molecule has 11 heteroatoms. The van der Waals surface area contributed by atoms with Crippen LogP contribution in [0.5, 0.6) is 0 Å². The van der Waals surface area contributed by atoms with E-state index in [-0.39, 0.29) is 65.5 Å². The Hall–Kier alpha value is -0.710. The minimum absolute atomic E-state index is 0. The molecule has 0 aliphatic rings. The number of phosphoric acid groups is 1. The van der Waals surface area contributed by atoms with Crippen LogP contribution in [0.1, 0.15) is 90.9 Å². The Labute approximate surface area is 272 Å². The zero-order valence-electron chi connectivity index (χ0n) is 23.2. The van der Waals surface area contributed by atoms with E-state index in [9.17, 15) is 23.9 Å². The fourth-order valence-corrected chi connectivity index (χ4v) is 3.29. The van der Waals surface area contributed by atoms with E-state index >= 15 is 0 Å². The smallest absolute Gasteiger partial charge is 0.790 e. The van der Waals surface area contributed by atoms with Crippen molar-refractivity contribution < 1.29 is 97.1 Å². The summed E-state index contributed by atoms with van der Waals surface area (Å²) in [6, 6.07) is 0. The van der Waals surface area contributed by atoms with Crippen molar-refractivity contribution in [3.05, 3.63) is 0 Å². The summed E-state index contributed by atoms with van der Waals surface area (Å²) >= 11 is 0. The van der Waals surface area contributed by atoms with Gasteiger partial charge in [-0.1, -0.05) is 77.1 Å². The Morgan fingerprint density at radius 3 is 1.79 bits per heavy atom. The Morgan fingerprint density at radius 1 is 0.763 bits per heavy atom. The second-order valence-electron chi connectivity index (χ2n) is 7.86. The summed E-state index contributed by atoms with van der Waals surface area (Å²) in [4.78, 5) is 45.3. The molecule has 0 aliphatic carbocycles. The largest absolute Gasteiger partial charge is 1.00 e. The van der Waals surface area contributed by atoms with Gasteiger partial charge in [-0.25, -0.2) is 4.79 Å². The average molecular weight is 565 g/mol. The quantitative estimate of drug-likeness (QED) is 0.0432. The van der Waals surface area contributed by atoms with E-state index < -0.39 is 39.1 Å². The normalized spacial score (nSPS) is 10.1. The van der Waals surface area contributed by atoms with Crippen molar-refractivity contribution in [3.8, 4) is 47.4 Å². The van der Waals surface area contributed by atoms with Gasteiger partial charge in [0.2, 0.25) is 0 Å². The van der Waals surface area contributed by atoms with Crippen molar-refractivity contribution in [2.45, 2.75) is 97.0 Å². The fraction of sp³-hybridized carbons (Fsp3) is 0.630. The van der Waals surface area contributed by atoms with E-state index in [1.807, 2.05) is 0 Å². The molecule has 0 bridgehead atoms. The number of hydrogen-bond acceptors (Lipinski definition) is 8. The minimum atomic E-state index is -5.29. The molecule has 0 radical (unpaired) electrons. The van der Waals surface area contributed by atoms with Crippen LogP contribution in [0.2, 0.25) is 0 Å². The van der Waals surface area contributed by atoms with Gasteiger partial charge in [0, 0.05) is 12.3 Å². The van der Waals surface area contributed by atoms with Crippen LogP contribution in [0, 0.1) is 47.4 Å². The molecular formula is C27H35Na2O8P. The van der Waals surface area contributed by atoms with Gasteiger partial charge in [-0.15, -0.1) is 0 Å². The maximum absolute atomic E-state index is 12.1. The standard InChI is InChI=1S/C27H37O8P.2Na/c1-3-5-7-9-11-12-13-14-16-18-20-22-27(29)35-25(24-34-36(30,31)32)23-33-26(28)21-19-17-15-10-8-6-4-2;;/h25H,3,5,7,9,11-14,16,18,20,22-24H2,1-2H3,(H2,30,31,32);;/q;2*+1/p-2/t25-;;/m1../s1. The van der Waals surface area contributed by atoms with E-state index in [2.05, 4.69) is 58.8 Å². The van der Waals surface area contributed by atoms with E-state index in [1.165, 1.54) is 44.9 Å². The molecule has 0 saturated heterocycles. The van der Waals surface area contributed by atoms with Crippen molar-refractivity contribution in [2.75, 3.05) is 13.2 Å². The molecule has 0 heterocycles. The SMILES string of the molecule is CC#CC#CC#CC#CC(=O)OC[C@H](COP(=O)([O-])[O-])OC(=O)CCCCCCCCCCCCC.[Na+].[Na+]. The molecule has 0 aliphatic heterocycles. The van der Waals surface area contributed by atoms with Crippen LogP contribution in [-0.4, -0.2) is 31.3 Å². The predicted molar refractivity (Wildman–Crippen MR) is 132 cm³/mol. The van der Waals surface area contributed by atoms with Gasteiger partial charge < -0.3 is 28.3 Å². The van der Waals surface area contributed by atoms with Gasteiger partial charge in [-0.2, -0.15) is 0 Å². The average Bonchev–Trinajstić information content (AvgIpc) is 2.83. The monoisotopic (exact) mass is 564 g/mol. The third kappa shape index (κ3) is 31.5. The molecule has 0 aromatic rings. The van der Waals surface area contributed by atoms with Gasteiger partial charge in [-0.05, 0) is 48.9 Å². The Bertz CT molecular complexity index is 949. The maximum atomic E-state index is 12.1. The molecular weight excluding hydrogens is 529 g/mol. The molecule has 0 saturated carbocycles. The first-order valence-electron chi connectivity index (χ1n) is 12.2. The van der Waals surface area contributed by atoms with Crippen LogP contribution in [0.3, 0.4) is 0 Å². The van der Waals surface area contributed by atoms with Crippen LogP contribution in [0.4, 0.5) is 0 Å². The number of hydrogen-bond donors (Lipinski definition) is 0. The molecule has 8 nitrogen and oxygen atoms in total. The molecule has 0 aromatic carbocycles. The van der Waals surface area contributed by atoms with Gasteiger partial charge in [0.1, 0.15) is 6.61 Å². The number of ether oxygens (including phenoxy) is 2. The molecule has 198 valence electrons. The summed E-state index contributed by atoms with van der Waals surface area (Å²) in [5.41, 5.74) is 0. The van der Waals surface area contributed by atoms with Crippen molar-refractivity contribution in [2.24, 2.45) is 0 Å². The van der Waals surface area contributed by atoms with E-state index in [1.54, 1.807) is 6.92 Å². The van der Waals surface area contributed by atoms with Crippen LogP contribution >= 0.6 is 7.82 Å². The van der Waals surface area contributed by atoms with Crippen LogP contribution in [0.25, 0.3) is 0 Å². The number of rotatable bonds is 18. The molecule has 0 amide bonds. The number of carbonyl (C=O) groups is 2. The Balaban J connectivity index is -0.00000612. The Kier molecular flexibility index (Phi) is 32.2. The summed E-state index contributed by atoms with van der Waals surface area (Å²) in [7, 11) is -5.29. The number of esters is 2. The fourth-order valence-electron chi connectivity index (χ4n) is 2.94. The minimum Gasteiger partial charge on any atom is -0.790 e. The van der Waals surface area contributed by atoms with Crippen LogP contribution < -0.4 is 68.9 Å². The predicted octanol–water partition coefficient (Wildman–Crippen LogP) is -2.97. The summed E-state index contributed by atoms with van der Waals surface area (Å²) in [5.74, 6) is 17.3. The van der Waals surface area contributed by atoms with Gasteiger partial charge in [0.05, 0.1) is 14.4 Å². The van der Waals surface area contributed by atoms with Crippen molar-refractivity contribution in [1.82, 2.24) is 0 Å². The molecule has 0 rings (SSSR count). The van der Waals surface area contributed by atoms with Gasteiger partial charge in [0.25, 0.3) is 0 Å². The van der Waals surface area contributed by atoms with Crippen molar-refractivity contribution >= 4 is 19.8 Å². The second kappa shape index (κ2) is 29.3. The molecule has 0 N–H and O–H groups in total. The molecule has 0 spiro atoms. The van der Waals surface area contributed by atoms with E-state index in [4.69, 9.17) is 9.47 Å². The van der Waals surface area contributed by atoms with E-state index in [0.717, 1.165) is 19.3 Å². The van der Waals surface area contributed by atoms with E-state index in [0.29, 0.717) is 6.42 Å². The van der Waals surface area contributed by atoms with Gasteiger partial charge in [0.15, 0.2) is 6.10 Å². The van der Waals surface area contributed by atoms with Crippen molar-refractivity contribution in [1.29, 1.82) is 0 Å². The van der Waals surface area contributed by atoms with Gasteiger partial charge >= 0.3 is 71.1 Å². The third-order valence-electron chi connectivity index (χ3n) is 4.70. The molecule has 0 unspecified atom stereocenters. The second-order valence-corrected chi connectivity index (χ2v) is 9.02. The third-order valence-corrected chi connectivity index (χ3v) is 5.17. The Morgan fingerprint density at radius 2 is 1.26 bits per heavy atom. The van der Waals surface area contributed by atoms with Crippen LogP contribution in [0.15, 0.2) is 0 Å². The summed E-state index contributed by atoms with van der Waals surface area (Å²) in [5, 5.41) is 0. The number of carbonyl (C=O) groups excluding carboxylic acids is 2. The number of phosphoric ester groups is 1. The first kappa shape index (κ1) is 41.8. The topological polar surface area (TPSA) is 125 Å². The molecule has 38 heavy (non-hydrogen) atoms. The maximum Gasteiger partial charge on any atom is 1.00 e. The summed E-state index contributed by atoms with van der Waals surface area (Å²) in [6.45, 7) is 2.53. The molecule has 0 aromatic heterocycles. The van der Waals surface area contributed by atoms with Gasteiger partial charge in [-0.3, -0.25) is 4.79 Å². The summed E-state index contributed by atoms with van der Waals surface area (Å²) in [6.07, 6.45) is 11.3. The zero-order valence-corrected chi connectivity index (χ0v) is 28.1. The van der Waals surface area contributed by atoms with Crippen molar-refractivity contribution in [3.63, 3.8) is 0 Å². The first-order valence-corrected chi connectivity index (χ1v) is 13.7. The first-order chi connectivity index (χ1) is 17.3. The number of unbranched alkanes of at least 4 members (excludes halogenated alkanes) is 10. The zero-order chi connectivity index (χ0) is 26.9. The van der Waals surface area contributed by atoms with Crippen LogP contribution in [-0.2, 0) is 28.2 Å². The molecule has 0 fully saturated rings.